The first kappa shape index (κ1) is 22.6. The van der Waals surface area contributed by atoms with Crippen molar-refractivity contribution in [3.8, 4) is 22.9 Å². The quantitative estimate of drug-likeness (QED) is 0.689. The summed E-state index contributed by atoms with van der Waals surface area (Å²) in [6.07, 6.45) is -1.44. The second-order valence-corrected chi connectivity index (χ2v) is 8.06. The zero-order chi connectivity index (χ0) is 23.5. The summed E-state index contributed by atoms with van der Waals surface area (Å²) in [6, 6.07) is 10.2. The molecule has 2 N–H and O–H groups in total. The average molecular weight is 456 g/mol. The number of halogens is 2. The first-order valence-electron chi connectivity index (χ1n) is 10.5. The molecular weight excluding hydrogens is 434 g/mol. The fraction of sp³-hybridized carbons (Fsp3) is 0.391. The molecule has 2 aromatic rings. The molecule has 0 spiro atoms. The number of likely N-dealkylation sites (tertiary alicyclic amines) is 1. The number of benzene rings is 1. The highest BCUT2D eigenvalue weighted by Crippen LogP contribution is 2.35. The van der Waals surface area contributed by atoms with Gasteiger partial charge in [-0.25, -0.2) is 13.8 Å². The zero-order valence-corrected chi connectivity index (χ0v) is 17.6. The lowest BCUT2D eigenvalue weighted by molar-refractivity contribution is -0.138. The van der Waals surface area contributed by atoms with E-state index in [2.05, 4.69) is 10.3 Å². The van der Waals surface area contributed by atoms with E-state index in [-0.39, 0.29) is 43.1 Å². The van der Waals surface area contributed by atoms with Gasteiger partial charge in [-0.3, -0.25) is 9.59 Å². The summed E-state index contributed by atoms with van der Waals surface area (Å²) < 4.78 is 33.4. The van der Waals surface area contributed by atoms with E-state index in [1.54, 1.807) is 30.3 Å². The summed E-state index contributed by atoms with van der Waals surface area (Å²) in [6.45, 7) is -0.602. The number of anilines is 1. The molecule has 1 saturated carbocycles. The number of nitrogens with zero attached hydrogens (tertiary/aromatic N) is 3. The minimum atomic E-state index is -1.46. The monoisotopic (exact) mass is 456 g/mol. The molecule has 4 atom stereocenters. The van der Waals surface area contributed by atoms with Crippen LogP contribution in [0.5, 0.6) is 5.75 Å². The van der Waals surface area contributed by atoms with Crippen LogP contribution >= 0.6 is 0 Å². The van der Waals surface area contributed by atoms with Crippen LogP contribution < -0.4 is 10.1 Å². The van der Waals surface area contributed by atoms with Crippen molar-refractivity contribution < 1.29 is 28.2 Å². The molecule has 172 valence electrons. The topological polar surface area (TPSA) is 116 Å². The maximum Gasteiger partial charge on any atom is 0.248 e. The fourth-order valence-electron chi connectivity index (χ4n) is 3.74. The molecule has 1 aliphatic heterocycles. The minimum absolute atomic E-state index is 0.181. The summed E-state index contributed by atoms with van der Waals surface area (Å²) in [4.78, 5) is 28.8. The predicted molar refractivity (Wildman–Crippen MR) is 114 cm³/mol. The van der Waals surface area contributed by atoms with Crippen LogP contribution in [0.3, 0.4) is 0 Å². The van der Waals surface area contributed by atoms with E-state index in [0.29, 0.717) is 11.1 Å². The van der Waals surface area contributed by atoms with Crippen molar-refractivity contribution in [1.82, 2.24) is 9.88 Å². The van der Waals surface area contributed by atoms with Gasteiger partial charge in [-0.05, 0) is 41.8 Å². The van der Waals surface area contributed by atoms with E-state index < -0.39 is 42.8 Å². The third-order valence-electron chi connectivity index (χ3n) is 5.74. The van der Waals surface area contributed by atoms with E-state index in [1.165, 1.54) is 11.1 Å². The Bertz CT molecular complexity index is 1110. The maximum absolute atomic E-state index is 14.5. The Morgan fingerprint density at radius 3 is 2.67 bits per heavy atom. The highest BCUT2D eigenvalue weighted by molar-refractivity contribution is 5.94. The van der Waals surface area contributed by atoms with Crippen molar-refractivity contribution in [2.24, 2.45) is 5.92 Å². The highest BCUT2D eigenvalue weighted by atomic mass is 19.1. The van der Waals surface area contributed by atoms with Crippen molar-refractivity contribution in [2.75, 3.05) is 25.0 Å². The molecule has 2 fully saturated rings. The summed E-state index contributed by atoms with van der Waals surface area (Å²) >= 11 is 0. The maximum atomic E-state index is 14.5. The van der Waals surface area contributed by atoms with Crippen molar-refractivity contribution in [3.05, 3.63) is 42.1 Å². The third-order valence-corrected chi connectivity index (χ3v) is 5.74. The molecule has 1 saturated heterocycles. The Hall–Kier alpha value is -3.58. The van der Waals surface area contributed by atoms with Gasteiger partial charge in [-0.15, -0.1) is 0 Å². The number of aliphatic hydroxyl groups excluding tert-OH is 1. The van der Waals surface area contributed by atoms with E-state index >= 15 is 0 Å². The van der Waals surface area contributed by atoms with Gasteiger partial charge >= 0.3 is 0 Å². The number of aromatic nitrogens is 1. The number of ether oxygens (including phenoxy) is 1. The lowest BCUT2D eigenvalue weighted by Gasteiger charge is -2.34. The van der Waals surface area contributed by atoms with Crippen molar-refractivity contribution in [1.29, 1.82) is 5.26 Å². The lowest BCUT2D eigenvalue weighted by Crippen LogP contribution is -2.50. The number of hydrogen-bond acceptors (Lipinski definition) is 6. The van der Waals surface area contributed by atoms with Gasteiger partial charge < -0.3 is 20.1 Å². The molecule has 0 unspecified atom stereocenters. The Labute approximate surface area is 188 Å². The van der Waals surface area contributed by atoms with Crippen LogP contribution in [0.15, 0.2) is 36.5 Å². The molecule has 10 heteroatoms. The smallest absolute Gasteiger partial charge is 0.248 e. The van der Waals surface area contributed by atoms with E-state index in [0.717, 1.165) is 0 Å². The first-order chi connectivity index (χ1) is 15.9. The number of aliphatic hydroxyl groups is 1. The summed E-state index contributed by atoms with van der Waals surface area (Å²) in [7, 11) is 0. The average Bonchev–Trinajstić information content (AvgIpc) is 3.57. The minimum Gasteiger partial charge on any atom is -0.486 e. The molecule has 33 heavy (non-hydrogen) atoms. The first-order valence-corrected chi connectivity index (χ1v) is 10.5. The molecule has 8 nitrogen and oxygen atoms in total. The number of rotatable bonds is 6. The molecular formula is C23H22F2N4O4. The van der Waals surface area contributed by atoms with E-state index in [1.807, 2.05) is 6.07 Å². The summed E-state index contributed by atoms with van der Waals surface area (Å²) in [5.74, 6) is -1.08. The van der Waals surface area contributed by atoms with Crippen molar-refractivity contribution >= 4 is 17.6 Å². The molecule has 4 rings (SSSR count). The SMILES string of the molecule is N#Cc1cc(-c2ccnc(NC(=O)[C@H]3C[C@H]3F)c2)ccc1O[C@H]1CCN(C(=O)CO)C[C@H]1F. The molecule has 2 amide bonds. The predicted octanol–water partition coefficient (Wildman–Crippen LogP) is 2.23. The molecule has 2 aliphatic rings. The zero-order valence-electron chi connectivity index (χ0n) is 17.6. The van der Waals surface area contributed by atoms with E-state index in [9.17, 15) is 23.6 Å². The van der Waals surface area contributed by atoms with Gasteiger partial charge in [0.1, 0.15) is 36.5 Å². The summed E-state index contributed by atoms with van der Waals surface area (Å²) in [5.41, 5.74) is 1.54. The van der Waals surface area contributed by atoms with Gasteiger partial charge in [0.2, 0.25) is 11.8 Å². The molecule has 0 radical (unpaired) electrons. The number of amides is 2. The Morgan fingerprint density at radius 2 is 2.00 bits per heavy atom. The number of nitriles is 1. The van der Waals surface area contributed by atoms with Crippen LogP contribution in [0.4, 0.5) is 14.6 Å². The second kappa shape index (κ2) is 9.50. The number of nitrogens with one attached hydrogen (secondary N) is 1. The van der Waals surface area contributed by atoms with Crippen molar-refractivity contribution in [3.63, 3.8) is 0 Å². The number of hydrogen-bond donors (Lipinski definition) is 2. The van der Waals surface area contributed by atoms with Crippen molar-refractivity contribution in [2.45, 2.75) is 31.3 Å². The van der Waals surface area contributed by atoms with Crippen LogP contribution in [-0.4, -0.2) is 64.9 Å². The number of pyridine rings is 1. The summed E-state index contributed by atoms with van der Waals surface area (Å²) in [5, 5.41) is 21.1. The Morgan fingerprint density at radius 1 is 1.24 bits per heavy atom. The van der Waals surface area contributed by atoms with Crippen LogP contribution in [0, 0.1) is 17.2 Å². The van der Waals surface area contributed by atoms with Crippen LogP contribution in [-0.2, 0) is 9.59 Å². The van der Waals surface area contributed by atoms with Crippen LogP contribution in [0.2, 0.25) is 0 Å². The molecule has 1 aromatic heterocycles. The highest BCUT2D eigenvalue weighted by Gasteiger charge is 2.43. The number of carbonyl (C=O) groups excluding carboxylic acids is 2. The van der Waals surface area contributed by atoms with Crippen LogP contribution in [0.1, 0.15) is 18.4 Å². The fourth-order valence-corrected chi connectivity index (χ4v) is 3.74. The Kier molecular flexibility index (Phi) is 6.51. The largest absolute Gasteiger partial charge is 0.486 e. The van der Waals surface area contributed by atoms with E-state index in [4.69, 9.17) is 9.84 Å². The van der Waals surface area contributed by atoms with Crippen LogP contribution in [0.25, 0.3) is 11.1 Å². The standard InChI is InChI=1S/C23H22F2N4O4/c24-17-9-16(17)23(32)28-21-8-14(3-5-27-21)13-1-2-19(15(7-13)10-26)33-20-4-6-29(11-18(20)25)22(31)12-30/h1-3,5,7-8,16-18,20,30H,4,6,9,11-12H2,(H,27,28,32)/t16-,17+,18+,20-/m0/s1. The molecule has 2 heterocycles. The molecule has 0 bridgehead atoms. The lowest BCUT2D eigenvalue weighted by atomic mass is 10.0. The molecule has 1 aromatic carbocycles. The third kappa shape index (κ3) is 5.09. The number of piperidine rings is 1. The van der Waals surface area contributed by atoms with Gasteiger partial charge in [-0.2, -0.15) is 5.26 Å². The number of carbonyl (C=O) groups is 2. The number of alkyl halides is 2. The Balaban J connectivity index is 1.46. The second-order valence-electron chi connectivity index (χ2n) is 8.06. The van der Waals surface area contributed by atoms with Gasteiger partial charge in [0, 0.05) is 19.2 Å². The van der Waals surface area contributed by atoms with Gasteiger partial charge in [0.25, 0.3) is 0 Å². The van der Waals surface area contributed by atoms with Gasteiger partial charge in [0.05, 0.1) is 18.0 Å². The van der Waals surface area contributed by atoms with Gasteiger partial charge in [0.15, 0.2) is 6.17 Å². The van der Waals surface area contributed by atoms with Gasteiger partial charge in [-0.1, -0.05) is 6.07 Å². The normalized spacial score (nSPS) is 24.0. The molecule has 1 aliphatic carbocycles.